The molecule has 3 rings (SSSR count). The number of nitrogens with one attached hydrogen (secondary N) is 1. The molecule has 1 unspecified atom stereocenters. The number of Topliss-reactive ketones (excluding diaryl/α,β-unsaturated/α-hetero) is 1. The lowest BCUT2D eigenvalue weighted by atomic mass is 9.77. The quantitative estimate of drug-likeness (QED) is 0.523. The number of hydrogen-bond acceptors (Lipinski definition) is 5. The third-order valence-corrected chi connectivity index (χ3v) is 6.87. The average molecular weight is 458 g/mol. The van der Waals surface area contributed by atoms with Crippen molar-refractivity contribution in [2.75, 3.05) is 33.3 Å². The third kappa shape index (κ3) is 5.92. The van der Waals surface area contributed by atoms with Gasteiger partial charge in [0.1, 0.15) is 6.04 Å². The molecule has 3 amide bonds. The summed E-state index contributed by atoms with van der Waals surface area (Å²) in [6, 6.07) is 5.92. The predicted molar refractivity (Wildman–Crippen MR) is 124 cm³/mol. The molecule has 1 atom stereocenters. The molecule has 8 heteroatoms. The van der Waals surface area contributed by atoms with E-state index in [-0.39, 0.29) is 29.1 Å². The number of piperidine rings is 1. The molecule has 33 heavy (non-hydrogen) atoms. The zero-order chi connectivity index (χ0) is 24.2. The summed E-state index contributed by atoms with van der Waals surface area (Å²) in [4.78, 5) is 52.9. The lowest BCUT2D eigenvalue weighted by Crippen LogP contribution is -2.49. The van der Waals surface area contributed by atoms with Gasteiger partial charge in [0.15, 0.2) is 5.78 Å². The van der Waals surface area contributed by atoms with Crippen LogP contribution in [0.5, 0.6) is 0 Å². The van der Waals surface area contributed by atoms with Crippen molar-refractivity contribution in [2.24, 2.45) is 11.3 Å². The maximum absolute atomic E-state index is 12.9. The Morgan fingerprint density at radius 3 is 2.03 bits per heavy atom. The van der Waals surface area contributed by atoms with Crippen LogP contribution in [0.4, 0.5) is 4.79 Å². The average Bonchev–Trinajstić information content (AvgIpc) is 3.21. The Balaban J connectivity index is 1.54. The fraction of sp³-hybridized carbons (Fsp3) is 0.600. The summed E-state index contributed by atoms with van der Waals surface area (Å²) < 4.78 is 4.85. The maximum Gasteiger partial charge on any atom is 0.328 e. The molecule has 2 fully saturated rings. The van der Waals surface area contributed by atoms with E-state index in [2.05, 4.69) is 5.32 Å². The Kier molecular flexibility index (Phi) is 7.76. The number of methoxy groups -OCH3 is 1. The number of amides is 3. The van der Waals surface area contributed by atoms with Gasteiger partial charge in [0.25, 0.3) is 5.91 Å². The van der Waals surface area contributed by atoms with E-state index in [9.17, 15) is 19.2 Å². The van der Waals surface area contributed by atoms with Crippen molar-refractivity contribution < 1.29 is 23.9 Å². The minimum Gasteiger partial charge on any atom is -0.467 e. The molecule has 0 aliphatic carbocycles. The van der Waals surface area contributed by atoms with E-state index in [4.69, 9.17) is 4.74 Å². The first-order valence-corrected chi connectivity index (χ1v) is 11.7. The highest BCUT2D eigenvalue weighted by Crippen LogP contribution is 2.40. The van der Waals surface area contributed by atoms with E-state index in [0.717, 1.165) is 19.3 Å². The van der Waals surface area contributed by atoms with Gasteiger partial charge < -0.3 is 19.9 Å². The molecule has 1 spiro atoms. The molecule has 0 radical (unpaired) electrons. The SMILES string of the molecule is COC(=O)C(CC(C)C)NC(=O)N1CCC2(CCN(C(=O)c3ccc(C(C)=O)cc3)CC2)C1. The molecule has 0 aromatic heterocycles. The van der Waals surface area contributed by atoms with Crippen LogP contribution in [-0.2, 0) is 9.53 Å². The fourth-order valence-corrected chi connectivity index (χ4v) is 4.80. The van der Waals surface area contributed by atoms with Gasteiger partial charge in [-0.05, 0) is 56.1 Å². The maximum atomic E-state index is 12.9. The van der Waals surface area contributed by atoms with Gasteiger partial charge in [0, 0.05) is 37.3 Å². The topological polar surface area (TPSA) is 96.0 Å². The predicted octanol–water partition coefficient (Wildman–Crippen LogP) is 3.11. The first-order valence-electron chi connectivity index (χ1n) is 11.7. The van der Waals surface area contributed by atoms with Gasteiger partial charge in [0.2, 0.25) is 0 Å². The number of ether oxygens (including phenoxy) is 1. The van der Waals surface area contributed by atoms with Crippen LogP contribution in [0.25, 0.3) is 0 Å². The molecular weight excluding hydrogens is 422 g/mol. The fourth-order valence-electron chi connectivity index (χ4n) is 4.80. The number of carbonyl (C=O) groups is 4. The molecular formula is C25H35N3O5. The second-order valence-electron chi connectivity index (χ2n) is 9.75. The second kappa shape index (κ2) is 10.4. The van der Waals surface area contributed by atoms with Gasteiger partial charge in [-0.3, -0.25) is 9.59 Å². The van der Waals surface area contributed by atoms with E-state index >= 15 is 0 Å². The molecule has 2 aliphatic rings. The van der Waals surface area contributed by atoms with E-state index in [0.29, 0.717) is 43.7 Å². The van der Waals surface area contributed by atoms with Crippen LogP contribution in [0.3, 0.4) is 0 Å². The molecule has 1 aromatic rings. The number of rotatable bonds is 6. The normalized spacial score (nSPS) is 18.3. The highest BCUT2D eigenvalue weighted by molar-refractivity contribution is 5.97. The van der Waals surface area contributed by atoms with Crippen molar-refractivity contribution in [3.8, 4) is 0 Å². The van der Waals surface area contributed by atoms with Crippen molar-refractivity contribution >= 4 is 23.7 Å². The summed E-state index contributed by atoms with van der Waals surface area (Å²) >= 11 is 0. The first kappa shape index (κ1) is 24.7. The Morgan fingerprint density at radius 1 is 0.970 bits per heavy atom. The van der Waals surface area contributed by atoms with E-state index in [1.54, 1.807) is 29.2 Å². The number of nitrogens with zero attached hydrogens (tertiary/aromatic N) is 2. The van der Waals surface area contributed by atoms with Gasteiger partial charge in [-0.1, -0.05) is 26.0 Å². The summed E-state index contributed by atoms with van der Waals surface area (Å²) in [6.07, 6.45) is 3.09. The highest BCUT2D eigenvalue weighted by atomic mass is 16.5. The molecule has 2 saturated heterocycles. The molecule has 1 aromatic carbocycles. The number of likely N-dealkylation sites (tertiary alicyclic amines) is 2. The first-order chi connectivity index (χ1) is 15.6. The molecule has 180 valence electrons. The molecule has 0 bridgehead atoms. The minimum absolute atomic E-state index is 0.00537. The van der Waals surface area contributed by atoms with Crippen LogP contribution in [0, 0.1) is 11.3 Å². The lowest BCUT2D eigenvalue weighted by Gasteiger charge is -2.39. The zero-order valence-corrected chi connectivity index (χ0v) is 20.1. The highest BCUT2D eigenvalue weighted by Gasteiger charge is 2.43. The molecule has 0 saturated carbocycles. The van der Waals surface area contributed by atoms with Gasteiger partial charge in [0.05, 0.1) is 7.11 Å². The van der Waals surface area contributed by atoms with Gasteiger partial charge in [-0.25, -0.2) is 9.59 Å². The van der Waals surface area contributed by atoms with Crippen molar-refractivity contribution in [2.45, 2.75) is 52.5 Å². The summed E-state index contributed by atoms with van der Waals surface area (Å²) in [7, 11) is 1.33. The standard InChI is InChI=1S/C25H35N3O5/c1-17(2)15-21(23(31)33-4)26-24(32)28-14-11-25(16-28)9-12-27(13-10-25)22(30)20-7-5-19(6-8-20)18(3)29/h5-8,17,21H,9-16H2,1-4H3,(H,26,32). The van der Waals surface area contributed by atoms with Crippen LogP contribution in [-0.4, -0.2) is 72.8 Å². The number of hydrogen-bond donors (Lipinski definition) is 1. The van der Waals surface area contributed by atoms with Crippen LogP contribution < -0.4 is 5.32 Å². The number of carbonyl (C=O) groups excluding carboxylic acids is 4. The Bertz CT molecular complexity index is 888. The van der Waals surface area contributed by atoms with Crippen molar-refractivity contribution in [3.05, 3.63) is 35.4 Å². The monoisotopic (exact) mass is 457 g/mol. The number of esters is 1. The number of urea groups is 1. The number of ketones is 1. The summed E-state index contributed by atoms with van der Waals surface area (Å²) in [5.74, 6) is -0.220. The Morgan fingerprint density at radius 2 is 1.52 bits per heavy atom. The molecule has 1 N–H and O–H groups in total. The lowest BCUT2D eigenvalue weighted by molar-refractivity contribution is -0.143. The van der Waals surface area contributed by atoms with E-state index < -0.39 is 12.0 Å². The van der Waals surface area contributed by atoms with Gasteiger partial charge in [-0.2, -0.15) is 0 Å². The van der Waals surface area contributed by atoms with Crippen molar-refractivity contribution in [1.82, 2.24) is 15.1 Å². The summed E-state index contributed by atoms with van der Waals surface area (Å²) in [6.45, 7) is 8.05. The van der Waals surface area contributed by atoms with Crippen LogP contribution in [0.1, 0.15) is 67.2 Å². The van der Waals surface area contributed by atoms with Crippen LogP contribution >= 0.6 is 0 Å². The van der Waals surface area contributed by atoms with Gasteiger partial charge in [-0.15, -0.1) is 0 Å². The summed E-state index contributed by atoms with van der Waals surface area (Å²) in [5.41, 5.74) is 1.18. The smallest absolute Gasteiger partial charge is 0.328 e. The number of benzene rings is 1. The zero-order valence-electron chi connectivity index (χ0n) is 20.1. The summed E-state index contributed by atoms with van der Waals surface area (Å²) in [5, 5.41) is 2.85. The minimum atomic E-state index is -0.645. The Hall–Kier alpha value is -2.90. The molecule has 2 aliphatic heterocycles. The molecule has 2 heterocycles. The second-order valence-corrected chi connectivity index (χ2v) is 9.75. The Labute approximate surface area is 195 Å². The van der Waals surface area contributed by atoms with Gasteiger partial charge >= 0.3 is 12.0 Å². The van der Waals surface area contributed by atoms with E-state index in [1.807, 2.05) is 18.7 Å². The largest absolute Gasteiger partial charge is 0.467 e. The third-order valence-electron chi connectivity index (χ3n) is 6.87. The van der Waals surface area contributed by atoms with Crippen LogP contribution in [0.15, 0.2) is 24.3 Å². The molecule has 8 nitrogen and oxygen atoms in total. The van der Waals surface area contributed by atoms with E-state index in [1.165, 1.54) is 14.0 Å². The van der Waals surface area contributed by atoms with Crippen LogP contribution in [0.2, 0.25) is 0 Å². The van der Waals surface area contributed by atoms with Crippen molar-refractivity contribution in [1.29, 1.82) is 0 Å². The van der Waals surface area contributed by atoms with Crippen molar-refractivity contribution in [3.63, 3.8) is 0 Å².